The molecule has 1 saturated heterocycles. The van der Waals surface area contributed by atoms with Gasteiger partial charge in [0.25, 0.3) is 0 Å². The highest BCUT2D eigenvalue weighted by atomic mass is 16.5. The molecule has 16 heavy (non-hydrogen) atoms. The van der Waals surface area contributed by atoms with Crippen molar-refractivity contribution >= 4 is 11.9 Å². The van der Waals surface area contributed by atoms with Crippen LogP contribution < -0.4 is 5.32 Å². The Kier molecular flexibility index (Phi) is 4.29. The second kappa shape index (κ2) is 5.30. The lowest BCUT2D eigenvalue weighted by Gasteiger charge is -2.28. The van der Waals surface area contributed by atoms with Crippen LogP contribution in [0.3, 0.4) is 0 Å². The first-order chi connectivity index (χ1) is 7.52. The summed E-state index contributed by atoms with van der Waals surface area (Å²) in [6, 6.07) is -0.623. The molecule has 2 unspecified atom stereocenters. The number of methoxy groups -OCH3 is 1. The van der Waals surface area contributed by atoms with Crippen LogP contribution in [-0.4, -0.2) is 49.6 Å². The first kappa shape index (κ1) is 13.0. The fourth-order valence-electron chi connectivity index (χ4n) is 2.13. The maximum atomic E-state index is 12.0. The van der Waals surface area contributed by atoms with Gasteiger partial charge in [-0.3, -0.25) is 4.79 Å². The van der Waals surface area contributed by atoms with Gasteiger partial charge in [-0.25, -0.2) is 4.79 Å². The number of hydrogen-bond acceptors (Lipinski definition) is 4. The maximum Gasteiger partial charge on any atom is 0.328 e. The van der Waals surface area contributed by atoms with Gasteiger partial charge in [-0.05, 0) is 19.4 Å². The van der Waals surface area contributed by atoms with E-state index in [2.05, 4.69) is 5.32 Å². The molecule has 0 saturated carbocycles. The van der Waals surface area contributed by atoms with Gasteiger partial charge in [0.2, 0.25) is 5.91 Å². The Morgan fingerprint density at radius 3 is 2.56 bits per heavy atom. The lowest BCUT2D eigenvalue weighted by atomic mass is 10.0. The first-order valence-electron chi connectivity index (χ1n) is 5.58. The fraction of sp³-hybridized carbons (Fsp3) is 0.818. The SMILES string of the molecule is CNC1CCN(C(C(=O)OC)C(C)C)C1=O. The Bertz CT molecular complexity index is 278. The molecule has 1 heterocycles. The van der Waals surface area contributed by atoms with Crippen LogP contribution in [0.5, 0.6) is 0 Å². The number of esters is 1. The number of hydrogen-bond donors (Lipinski definition) is 1. The monoisotopic (exact) mass is 228 g/mol. The van der Waals surface area contributed by atoms with Gasteiger partial charge in [-0.1, -0.05) is 13.8 Å². The quantitative estimate of drug-likeness (QED) is 0.688. The average Bonchev–Trinajstić information content (AvgIpc) is 2.60. The molecule has 1 fully saturated rings. The zero-order valence-corrected chi connectivity index (χ0v) is 10.3. The van der Waals surface area contributed by atoms with Crippen molar-refractivity contribution in [1.29, 1.82) is 0 Å². The van der Waals surface area contributed by atoms with Crippen LogP contribution in [0.25, 0.3) is 0 Å². The molecule has 5 heteroatoms. The van der Waals surface area contributed by atoms with Crippen LogP contribution in [0.2, 0.25) is 0 Å². The topological polar surface area (TPSA) is 58.6 Å². The summed E-state index contributed by atoms with van der Waals surface area (Å²) < 4.78 is 4.75. The number of likely N-dealkylation sites (N-methyl/N-ethyl adjacent to an activating group) is 1. The number of carbonyl (C=O) groups is 2. The molecule has 0 spiro atoms. The minimum Gasteiger partial charge on any atom is -0.467 e. The molecule has 0 aromatic heterocycles. The van der Waals surface area contributed by atoms with Crippen molar-refractivity contribution < 1.29 is 14.3 Å². The van der Waals surface area contributed by atoms with Gasteiger partial charge >= 0.3 is 5.97 Å². The molecule has 5 nitrogen and oxygen atoms in total. The molecule has 1 aliphatic rings. The van der Waals surface area contributed by atoms with E-state index in [1.807, 2.05) is 13.8 Å². The molecule has 1 aliphatic heterocycles. The van der Waals surface area contributed by atoms with Crippen molar-refractivity contribution in [3.63, 3.8) is 0 Å². The molecule has 1 rings (SSSR count). The van der Waals surface area contributed by atoms with Crippen molar-refractivity contribution in [2.24, 2.45) is 5.92 Å². The summed E-state index contributed by atoms with van der Waals surface area (Å²) in [4.78, 5) is 25.2. The second-order valence-corrected chi connectivity index (χ2v) is 4.37. The third-order valence-electron chi connectivity index (χ3n) is 3.00. The largest absolute Gasteiger partial charge is 0.467 e. The number of nitrogens with zero attached hydrogens (tertiary/aromatic N) is 1. The summed E-state index contributed by atoms with van der Waals surface area (Å²) >= 11 is 0. The number of likely N-dealkylation sites (tertiary alicyclic amines) is 1. The van der Waals surface area contributed by atoms with Crippen LogP contribution in [0, 0.1) is 5.92 Å². The Morgan fingerprint density at radius 2 is 2.19 bits per heavy atom. The Labute approximate surface area is 96.1 Å². The van der Waals surface area contributed by atoms with Gasteiger partial charge in [0.15, 0.2) is 0 Å². The predicted octanol–water partition coefficient (Wildman–Crippen LogP) is 0.00430. The highest BCUT2D eigenvalue weighted by molar-refractivity contribution is 5.89. The minimum absolute atomic E-state index is 0.00778. The van der Waals surface area contributed by atoms with Gasteiger partial charge in [0.1, 0.15) is 6.04 Å². The first-order valence-corrected chi connectivity index (χ1v) is 5.58. The molecular formula is C11H20N2O3. The van der Waals surface area contributed by atoms with Crippen molar-refractivity contribution in [2.75, 3.05) is 20.7 Å². The van der Waals surface area contributed by atoms with Crippen LogP contribution in [0.15, 0.2) is 0 Å². The lowest BCUT2D eigenvalue weighted by molar-refractivity contribution is -0.153. The average molecular weight is 228 g/mol. The molecule has 1 amide bonds. The number of carbonyl (C=O) groups excluding carboxylic acids is 2. The molecule has 0 bridgehead atoms. The van der Waals surface area contributed by atoms with Crippen molar-refractivity contribution in [3.8, 4) is 0 Å². The predicted molar refractivity (Wildman–Crippen MR) is 59.8 cm³/mol. The van der Waals surface area contributed by atoms with Crippen LogP contribution in [-0.2, 0) is 14.3 Å². The van der Waals surface area contributed by atoms with Crippen molar-refractivity contribution in [1.82, 2.24) is 10.2 Å². The summed E-state index contributed by atoms with van der Waals surface area (Å²) in [5, 5.41) is 2.95. The van der Waals surface area contributed by atoms with Gasteiger partial charge in [-0.2, -0.15) is 0 Å². The molecule has 0 aromatic carbocycles. The van der Waals surface area contributed by atoms with Crippen LogP contribution >= 0.6 is 0 Å². The van der Waals surface area contributed by atoms with Gasteiger partial charge in [0.05, 0.1) is 13.2 Å². The normalized spacial score (nSPS) is 22.7. The van der Waals surface area contributed by atoms with E-state index in [-0.39, 0.29) is 23.8 Å². The number of amides is 1. The lowest BCUT2D eigenvalue weighted by Crippen LogP contribution is -2.48. The van der Waals surface area contributed by atoms with E-state index in [4.69, 9.17) is 4.74 Å². The highest BCUT2D eigenvalue weighted by Crippen LogP contribution is 2.20. The summed E-state index contributed by atoms with van der Waals surface area (Å²) in [6.45, 7) is 4.45. The number of nitrogens with one attached hydrogen (secondary N) is 1. The van der Waals surface area contributed by atoms with E-state index >= 15 is 0 Å². The standard InChI is InChI=1S/C11H20N2O3/c1-7(2)9(11(15)16-4)13-6-5-8(12-3)10(13)14/h7-9,12H,5-6H2,1-4H3. The summed E-state index contributed by atoms with van der Waals surface area (Å²) in [5.41, 5.74) is 0. The Balaban J connectivity index is 2.81. The van der Waals surface area contributed by atoms with E-state index in [0.29, 0.717) is 6.54 Å². The van der Waals surface area contributed by atoms with Crippen LogP contribution in [0.4, 0.5) is 0 Å². The number of rotatable bonds is 4. The molecule has 92 valence electrons. The Morgan fingerprint density at radius 1 is 1.56 bits per heavy atom. The van der Waals surface area contributed by atoms with E-state index in [9.17, 15) is 9.59 Å². The fourth-order valence-corrected chi connectivity index (χ4v) is 2.13. The molecular weight excluding hydrogens is 208 g/mol. The van der Waals surface area contributed by atoms with Gasteiger partial charge < -0.3 is 15.0 Å². The number of ether oxygens (including phenoxy) is 1. The summed E-state index contributed by atoms with van der Waals surface area (Å²) in [7, 11) is 3.11. The van der Waals surface area contributed by atoms with Crippen LogP contribution in [0.1, 0.15) is 20.3 Å². The summed E-state index contributed by atoms with van der Waals surface area (Å²) in [5.74, 6) is -0.279. The maximum absolute atomic E-state index is 12.0. The highest BCUT2D eigenvalue weighted by Gasteiger charge is 2.40. The third kappa shape index (κ3) is 2.35. The smallest absolute Gasteiger partial charge is 0.328 e. The zero-order valence-electron chi connectivity index (χ0n) is 10.3. The van der Waals surface area contributed by atoms with Crippen molar-refractivity contribution in [3.05, 3.63) is 0 Å². The molecule has 0 aromatic rings. The Hall–Kier alpha value is -1.10. The van der Waals surface area contributed by atoms with Gasteiger partial charge in [0, 0.05) is 6.54 Å². The molecule has 0 radical (unpaired) electrons. The molecule has 1 N–H and O–H groups in total. The molecule has 0 aliphatic carbocycles. The van der Waals surface area contributed by atoms with E-state index < -0.39 is 6.04 Å². The van der Waals surface area contributed by atoms with Gasteiger partial charge in [-0.15, -0.1) is 0 Å². The molecule has 2 atom stereocenters. The van der Waals surface area contributed by atoms with E-state index in [1.165, 1.54) is 7.11 Å². The van der Waals surface area contributed by atoms with Crippen molar-refractivity contribution in [2.45, 2.75) is 32.4 Å². The van der Waals surface area contributed by atoms with E-state index in [1.54, 1.807) is 11.9 Å². The third-order valence-corrected chi connectivity index (χ3v) is 3.00. The van der Waals surface area contributed by atoms with E-state index in [0.717, 1.165) is 6.42 Å². The zero-order chi connectivity index (χ0) is 12.3. The minimum atomic E-state index is -0.462. The second-order valence-electron chi connectivity index (χ2n) is 4.37. The summed E-state index contributed by atoms with van der Waals surface area (Å²) in [6.07, 6.45) is 0.746.